The largest absolute Gasteiger partial charge is 0.490 e. The number of ether oxygens (including phenoxy) is 1. The van der Waals surface area contributed by atoms with Crippen molar-refractivity contribution in [3.8, 4) is 5.75 Å². The van der Waals surface area contributed by atoms with E-state index in [0.717, 1.165) is 50.8 Å². The lowest BCUT2D eigenvalue weighted by atomic mass is 10.0. The highest BCUT2D eigenvalue weighted by atomic mass is 35.5. The molecule has 0 spiro atoms. The van der Waals surface area contributed by atoms with E-state index in [0.29, 0.717) is 6.04 Å². The zero-order chi connectivity index (χ0) is 18.0. The highest BCUT2D eigenvalue weighted by molar-refractivity contribution is 7.89. The molecule has 1 aromatic heterocycles. The fourth-order valence-electron chi connectivity index (χ4n) is 4.86. The Morgan fingerprint density at radius 2 is 1.79 bits per heavy atom. The molecule has 0 amide bonds. The van der Waals surface area contributed by atoms with Crippen molar-refractivity contribution < 1.29 is 13.2 Å². The van der Waals surface area contributed by atoms with Gasteiger partial charge in [0.25, 0.3) is 0 Å². The van der Waals surface area contributed by atoms with Gasteiger partial charge in [0.05, 0.1) is 5.75 Å². The van der Waals surface area contributed by atoms with Gasteiger partial charge in [-0.1, -0.05) is 0 Å². The van der Waals surface area contributed by atoms with E-state index in [2.05, 4.69) is 10.3 Å². The Balaban J connectivity index is 0.00000140. The van der Waals surface area contributed by atoms with Crippen molar-refractivity contribution in [1.29, 1.82) is 0 Å². The van der Waals surface area contributed by atoms with Gasteiger partial charge in [0.2, 0.25) is 10.0 Å². The van der Waals surface area contributed by atoms with Gasteiger partial charge in [-0.3, -0.25) is 4.98 Å². The van der Waals surface area contributed by atoms with Gasteiger partial charge in [0.1, 0.15) is 11.9 Å². The maximum absolute atomic E-state index is 12.9. The standard InChI is InChI=1S/C19H29N3O3S.2ClH/c23-26(24,12-2-4-15-3-1-9-21-15)22-16-5-6-17(22)14-19(13-16)25-18-7-10-20-11-8-18;;/h7-8,10-11,15-17,19,21H,1-6,9,12-14H2;2*1H/t15?,16-,17+,19?;;. The molecular formula is C19H31Cl2N3O3S. The summed E-state index contributed by atoms with van der Waals surface area (Å²) in [6.07, 6.45) is 11.2. The summed E-state index contributed by atoms with van der Waals surface area (Å²) in [5, 5.41) is 3.45. The number of rotatable bonds is 7. The van der Waals surface area contributed by atoms with Crippen LogP contribution in [0, 0.1) is 0 Å². The lowest BCUT2D eigenvalue weighted by molar-refractivity contribution is 0.0956. The molecule has 4 rings (SSSR count). The van der Waals surface area contributed by atoms with Crippen LogP contribution in [0.4, 0.5) is 0 Å². The normalized spacial score (nSPS) is 29.7. The van der Waals surface area contributed by atoms with Gasteiger partial charge >= 0.3 is 0 Å². The molecule has 3 saturated heterocycles. The SMILES string of the molecule is Cl.Cl.O=S(=O)(CCCC1CCCN1)N1[C@@H]2CC[C@H]1CC(Oc1ccncc1)C2. The van der Waals surface area contributed by atoms with Gasteiger partial charge in [0, 0.05) is 43.4 Å². The lowest BCUT2D eigenvalue weighted by Gasteiger charge is -2.38. The van der Waals surface area contributed by atoms with E-state index >= 15 is 0 Å². The molecule has 160 valence electrons. The second-order valence-electron chi connectivity index (χ2n) is 7.86. The fourth-order valence-corrected chi connectivity index (χ4v) is 6.90. The van der Waals surface area contributed by atoms with Gasteiger partial charge in [-0.05, 0) is 57.2 Å². The first-order valence-corrected chi connectivity index (χ1v) is 11.5. The van der Waals surface area contributed by atoms with E-state index in [1.807, 2.05) is 16.4 Å². The molecule has 0 aliphatic carbocycles. The van der Waals surface area contributed by atoms with Crippen molar-refractivity contribution in [2.45, 2.75) is 75.6 Å². The molecule has 1 aromatic rings. The Kier molecular flexibility index (Phi) is 8.82. The summed E-state index contributed by atoms with van der Waals surface area (Å²) in [5.74, 6) is 1.11. The monoisotopic (exact) mass is 451 g/mol. The van der Waals surface area contributed by atoms with Gasteiger partial charge in [-0.2, -0.15) is 4.31 Å². The third-order valence-electron chi connectivity index (χ3n) is 6.01. The Bertz CT molecular complexity index is 688. The van der Waals surface area contributed by atoms with E-state index in [9.17, 15) is 8.42 Å². The molecule has 28 heavy (non-hydrogen) atoms. The number of hydrogen-bond donors (Lipinski definition) is 1. The van der Waals surface area contributed by atoms with Crippen molar-refractivity contribution >= 4 is 34.8 Å². The zero-order valence-electron chi connectivity index (χ0n) is 16.0. The summed E-state index contributed by atoms with van der Waals surface area (Å²) in [5.41, 5.74) is 0. The van der Waals surface area contributed by atoms with Crippen molar-refractivity contribution in [3.05, 3.63) is 24.5 Å². The number of aromatic nitrogens is 1. The van der Waals surface area contributed by atoms with E-state index < -0.39 is 10.0 Å². The maximum Gasteiger partial charge on any atom is 0.214 e. The summed E-state index contributed by atoms with van der Waals surface area (Å²) in [6.45, 7) is 1.08. The molecule has 0 radical (unpaired) electrons. The lowest BCUT2D eigenvalue weighted by Crippen LogP contribution is -2.49. The number of pyridine rings is 1. The van der Waals surface area contributed by atoms with Crippen LogP contribution >= 0.6 is 24.8 Å². The molecule has 4 atom stereocenters. The first kappa shape index (κ1) is 23.7. The second kappa shape index (κ2) is 10.4. The van der Waals surface area contributed by atoms with Crippen LogP contribution in [0.1, 0.15) is 51.4 Å². The third-order valence-corrected chi connectivity index (χ3v) is 8.06. The Morgan fingerprint density at radius 1 is 1.11 bits per heavy atom. The predicted octanol–water partition coefficient (Wildman–Crippen LogP) is 3.16. The summed E-state index contributed by atoms with van der Waals surface area (Å²) >= 11 is 0. The summed E-state index contributed by atoms with van der Waals surface area (Å²) in [6, 6.07) is 4.45. The van der Waals surface area contributed by atoms with Crippen LogP contribution in [0.5, 0.6) is 5.75 Å². The molecule has 2 bridgehead atoms. The van der Waals surface area contributed by atoms with Crippen molar-refractivity contribution in [2.24, 2.45) is 0 Å². The van der Waals surface area contributed by atoms with Gasteiger partial charge < -0.3 is 10.1 Å². The number of sulfonamides is 1. The molecule has 2 unspecified atom stereocenters. The minimum absolute atomic E-state index is 0. The van der Waals surface area contributed by atoms with Crippen LogP contribution in [-0.4, -0.2) is 54.2 Å². The number of nitrogens with one attached hydrogen (secondary N) is 1. The average molecular weight is 452 g/mol. The van der Waals surface area contributed by atoms with Crippen molar-refractivity contribution in [1.82, 2.24) is 14.6 Å². The zero-order valence-corrected chi connectivity index (χ0v) is 18.5. The second-order valence-corrected chi connectivity index (χ2v) is 9.85. The van der Waals surface area contributed by atoms with Gasteiger partial charge in [-0.25, -0.2) is 8.42 Å². The number of hydrogen-bond acceptors (Lipinski definition) is 5. The number of halogens is 2. The molecule has 0 saturated carbocycles. The highest BCUT2D eigenvalue weighted by Gasteiger charge is 2.47. The Labute approximate surface area is 180 Å². The Morgan fingerprint density at radius 3 is 2.39 bits per heavy atom. The molecule has 3 fully saturated rings. The molecule has 4 heterocycles. The fraction of sp³-hybridized carbons (Fsp3) is 0.737. The molecule has 3 aliphatic rings. The van der Waals surface area contributed by atoms with E-state index in [1.165, 1.54) is 12.8 Å². The molecular weight excluding hydrogens is 421 g/mol. The molecule has 6 nitrogen and oxygen atoms in total. The summed E-state index contributed by atoms with van der Waals surface area (Å²) in [7, 11) is -3.17. The number of fused-ring (bicyclic) bond motifs is 2. The maximum atomic E-state index is 12.9. The first-order valence-electron chi connectivity index (χ1n) is 9.93. The minimum atomic E-state index is -3.17. The van der Waals surface area contributed by atoms with Crippen LogP contribution in [-0.2, 0) is 10.0 Å². The number of piperidine rings is 1. The first-order chi connectivity index (χ1) is 12.6. The summed E-state index contributed by atoms with van der Waals surface area (Å²) in [4.78, 5) is 4.01. The third kappa shape index (κ3) is 5.51. The minimum Gasteiger partial charge on any atom is -0.490 e. The highest BCUT2D eigenvalue weighted by Crippen LogP contribution is 2.39. The van der Waals surface area contributed by atoms with Crippen LogP contribution in [0.25, 0.3) is 0 Å². The summed E-state index contributed by atoms with van der Waals surface area (Å²) < 4.78 is 33.8. The van der Waals surface area contributed by atoms with E-state index in [-0.39, 0.29) is 48.8 Å². The topological polar surface area (TPSA) is 71.5 Å². The van der Waals surface area contributed by atoms with Gasteiger partial charge in [-0.15, -0.1) is 24.8 Å². The molecule has 9 heteroatoms. The Hall–Kier alpha value is -0.600. The van der Waals surface area contributed by atoms with Crippen LogP contribution in [0.3, 0.4) is 0 Å². The average Bonchev–Trinajstić information content (AvgIpc) is 3.23. The van der Waals surface area contributed by atoms with E-state index in [1.54, 1.807) is 12.4 Å². The molecule has 1 N–H and O–H groups in total. The van der Waals surface area contributed by atoms with E-state index in [4.69, 9.17) is 4.74 Å². The van der Waals surface area contributed by atoms with Crippen LogP contribution in [0.15, 0.2) is 24.5 Å². The smallest absolute Gasteiger partial charge is 0.214 e. The van der Waals surface area contributed by atoms with Crippen LogP contribution in [0.2, 0.25) is 0 Å². The molecule has 0 aromatic carbocycles. The van der Waals surface area contributed by atoms with Crippen molar-refractivity contribution in [2.75, 3.05) is 12.3 Å². The number of nitrogens with zero attached hydrogens (tertiary/aromatic N) is 2. The molecule has 3 aliphatic heterocycles. The predicted molar refractivity (Wildman–Crippen MR) is 115 cm³/mol. The van der Waals surface area contributed by atoms with Crippen molar-refractivity contribution in [3.63, 3.8) is 0 Å². The van der Waals surface area contributed by atoms with Crippen LogP contribution < -0.4 is 10.1 Å². The van der Waals surface area contributed by atoms with Gasteiger partial charge in [0.15, 0.2) is 0 Å². The quantitative estimate of drug-likeness (QED) is 0.688.